The first kappa shape index (κ1) is 24.9. The quantitative estimate of drug-likeness (QED) is 0.256. The number of benzene rings is 4. The van der Waals surface area contributed by atoms with Crippen molar-refractivity contribution < 1.29 is 15.0 Å². The zero-order valence-electron chi connectivity index (χ0n) is 20.8. The molecule has 37 heavy (non-hydrogen) atoms. The smallest absolute Gasteiger partial charge is 0.201 e. The second kappa shape index (κ2) is 10.3. The van der Waals surface area contributed by atoms with Crippen LogP contribution in [0.15, 0.2) is 96.4 Å². The SMILES string of the molecule is CCN1C(O)=C(C(=O)C(Cc2ccc(Cl)cc2)Nc2ccc3ccccc3c2)C(O)c2ccc(C)cc21. The van der Waals surface area contributed by atoms with E-state index >= 15 is 0 Å². The Hall–Kier alpha value is -3.80. The van der Waals surface area contributed by atoms with Crippen LogP contribution in [0, 0.1) is 6.92 Å². The summed E-state index contributed by atoms with van der Waals surface area (Å²) < 4.78 is 0. The third kappa shape index (κ3) is 4.93. The molecule has 2 unspecified atom stereocenters. The van der Waals surface area contributed by atoms with Crippen molar-refractivity contribution in [2.45, 2.75) is 32.4 Å². The molecule has 0 saturated heterocycles. The van der Waals surface area contributed by atoms with Gasteiger partial charge in [-0.2, -0.15) is 0 Å². The van der Waals surface area contributed by atoms with E-state index in [1.54, 1.807) is 17.0 Å². The fraction of sp³-hybridized carbons (Fsp3) is 0.194. The van der Waals surface area contributed by atoms with Crippen molar-refractivity contribution in [3.63, 3.8) is 0 Å². The maximum atomic E-state index is 14.1. The molecule has 1 aliphatic rings. The van der Waals surface area contributed by atoms with E-state index in [4.69, 9.17) is 11.6 Å². The molecule has 0 bridgehead atoms. The molecule has 0 spiro atoms. The molecule has 1 aliphatic heterocycles. The van der Waals surface area contributed by atoms with Crippen LogP contribution >= 0.6 is 11.6 Å². The summed E-state index contributed by atoms with van der Waals surface area (Å²) in [4.78, 5) is 15.8. The van der Waals surface area contributed by atoms with Gasteiger partial charge in [-0.1, -0.05) is 66.2 Å². The molecule has 188 valence electrons. The van der Waals surface area contributed by atoms with Gasteiger partial charge in [-0.15, -0.1) is 0 Å². The molecule has 0 amide bonds. The summed E-state index contributed by atoms with van der Waals surface area (Å²) in [7, 11) is 0. The number of nitrogens with one attached hydrogen (secondary N) is 1. The molecule has 0 aromatic heterocycles. The molecule has 4 aromatic carbocycles. The Balaban J connectivity index is 1.55. The van der Waals surface area contributed by atoms with Crippen molar-refractivity contribution in [1.82, 2.24) is 0 Å². The lowest BCUT2D eigenvalue weighted by Crippen LogP contribution is -2.39. The maximum Gasteiger partial charge on any atom is 0.201 e. The number of nitrogens with zero attached hydrogens (tertiary/aromatic N) is 1. The minimum atomic E-state index is -1.24. The predicted octanol–water partition coefficient (Wildman–Crippen LogP) is 6.74. The summed E-state index contributed by atoms with van der Waals surface area (Å²) in [5, 5.41) is 28.7. The van der Waals surface area contributed by atoms with Crippen LogP contribution in [0.1, 0.15) is 29.7 Å². The number of hydrogen-bond donors (Lipinski definition) is 3. The van der Waals surface area contributed by atoms with Gasteiger partial charge in [0.25, 0.3) is 0 Å². The Kier molecular flexibility index (Phi) is 6.92. The van der Waals surface area contributed by atoms with Crippen LogP contribution in [0.2, 0.25) is 5.02 Å². The minimum Gasteiger partial charge on any atom is -0.494 e. The molecular formula is C31H29ClN2O3. The fourth-order valence-corrected chi connectivity index (χ4v) is 5.08. The van der Waals surface area contributed by atoms with E-state index in [2.05, 4.69) is 5.32 Å². The molecule has 6 heteroatoms. The minimum absolute atomic E-state index is 0.00884. The first-order chi connectivity index (χ1) is 17.9. The highest BCUT2D eigenvalue weighted by molar-refractivity contribution is 6.30. The van der Waals surface area contributed by atoms with E-state index in [9.17, 15) is 15.0 Å². The summed E-state index contributed by atoms with van der Waals surface area (Å²) in [6.07, 6.45) is -0.892. The maximum absolute atomic E-state index is 14.1. The topological polar surface area (TPSA) is 72.8 Å². The van der Waals surface area contributed by atoms with Crippen LogP contribution in [0.25, 0.3) is 10.8 Å². The van der Waals surface area contributed by atoms with E-state index in [1.807, 2.05) is 86.6 Å². The zero-order chi connectivity index (χ0) is 26.1. The molecule has 5 nitrogen and oxygen atoms in total. The Morgan fingerprint density at radius 2 is 1.73 bits per heavy atom. The average Bonchev–Trinajstić information content (AvgIpc) is 2.89. The van der Waals surface area contributed by atoms with Crippen LogP contribution in [0.5, 0.6) is 0 Å². The lowest BCUT2D eigenvalue weighted by Gasteiger charge is -2.35. The van der Waals surface area contributed by atoms with Crippen LogP contribution in [0.4, 0.5) is 11.4 Å². The standard InChI is InChI=1S/C31H29ClN2O3/c1-3-34-27-16-19(2)8-15-25(27)29(35)28(31(34)37)30(36)26(17-20-9-12-23(32)13-10-20)33-24-14-11-21-6-4-5-7-22(21)18-24/h4-16,18,26,29,33,35,37H,3,17H2,1-2H3. The molecule has 5 rings (SSSR count). The first-order valence-electron chi connectivity index (χ1n) is 12.4. The summed E-state index contributed by atoms with van der Waals surface area (Å²) in [6, 6.07) is 26.2. The molecule has 0 saturated carbocycles. The first-order valence-corrected chi connectivity index (χ1v) is 12.8. The number of aliphatic hydroxyl groups excluding tert-OH is 2. The van der Waals surface area contributed by atoms with E-state index in [0.717, 1.165) is 27.6 Å². The monoisotopic (exact) mass is 512 g/mol. The number of aryl methyl sites for hydroxylation is 1. The van der Waals surface area contributed by atoms with Gasteiger partial charge in [-0.05, 0) is 66.1 Å². The number of Topliss-reactive ketones (excluding diaryl/α,β-unsaturated/α-hetero) is 1. The largest absolute Gasteiger partial charge is 0.494 e. The van der Waals surface area contributed by atoms with E-state index in [-0.39, 0.29) is 17.2 Å². The zero-order valence-corrected chi connectivity index (χ0v) is 21.5. The lowest BCUT2D eigenvalue weighted by molar-refractivity contribution is -0.117. The molecular weight excluding hydrogens is 484 g/mol. The number of anilines is 2. The van der Waals surface area contributed by atoms with Crippen molar-refractivity contribution in [1.29, 1.82) is 0 Å². The van der Waals surface area contributed by atoms with Crippen LogP contribution in [-0.2, 0) is 11.2 Å². The Bertz CT molecular complexity index is 1500. The predicted molar refractivity (Wildman–Crippen MR) is 150 cm³/mol. The highest BCUT2D eigenvalue weighted by atomic mass is 35.5. The molecule has 3 N–H and O–H groups in total. The van der Waals surface area contributed by atoms with Gasteiger partial charge in [0.2, 0.25) is 5.88 Å². The Morgan fingerprint density at radius 1 is 1.00 bits per heavy atom. The molecule has 0 radical (unpaired) electrons. The Labute approximate surface area is 221 Å². The lowest BCUT2D eigenvalue weighted by atomic mass is 9.87. The number of ketones is 1. The second-order valence-electron chi connectivity index (χ2n) is 9.40. The third-order valence-electron chi connectivity index (χ3n) is 6.88. The van der Waals surface area contributed by atoms with Crippen molar-refractivity contribution in [2.75, 3.05) is 16.8 Å². The fourth-order valence-electron chi connectivity index (χ4n) is 4.95. The molecule has 2 atom stereocenters. The van der Waals surface area contributed by atoms with E-state index in [1.165, 1.54) is 0 Å². The molecule has 4 aromatic rings. The summed E-state index contributed by atoms with van der Waals surface area (Å²) in [5.74, 6) is -0.572. The van der Waals surface area contributed by atoms with Crippen molar-refractivity contribution in [3.8, 4) is 0 Å². The number of hydrogen-bond acceptors (Lipinski definition) is 5. The van der Waals surface area contributed by atoms with Gasteiger partial charge in [0.1, 0.15) is 6.10 Å². The summed E-state index contributed by atoms with van der Waals surface area (Å²) in [6.45, 7) is 4.31. The van der Waals surface area contributed by atoms with Gasteiger partial charge in [-0.3, -0.25) is 4.79 Å². The molecule has 1 heterocycles. The molecule has 0 aliphatic carbocycles. The number of rotatable bonds is 7. The van der Waals surface area contributed by atoms with Gasteiger partial charge in [0.05, 0.1) is 17.3 Å². The summed E-state index contributed by atoms with van der Waals surface area (Å²) >= 11 is 6.09. The van der Waals surface area contributed by atoms with E-state index in [0.29, 0.717) is 29.2 Å². The number of halogens is 1. The van der Waals surface area contributed by atoms with Gasteiger partial charge >= 0.3 is 0 Å². The van der Waals surface area contributed by atoms with Gasteiger partial charge < -0.3 is 20.4 Å². The van der Waals surface area contributed by atoms with Gasteiger partial charge in [0.15, 0.2) is 5.78 Å². The normalized spacial score (nSPS) is 16.0. The van der Waals surface area contributed by atoms with Gasteiger partial charge in [0, 0.05) is 29.2 Å². The highest BCUT2D eigenvalue weighted by Crippen LogP contribution is 2.40. The number of carbonyl (C=O) groups is 1. The highest BCUT2D eigenvalue weighted by Gasteiger charge is 2.38. The van der Waals surface area contributed by atoms with Crippen LogP contribution in [-0.4, -0.2) is 28.6 Å². The van der Waals surface area contributed by atoms with Crippen molar-refractivity contribution >= 4 is 39.5 Å². The number of carbonyl (C=O) groups excluding carboxylic acids is 1. The van der Waals surface area contributed by atoms with Gasteiger partial charge in [-0.25, -0.2) is 0 Å². The third-order valence-corrected chi connectivity index (χ3v) is 7.13. The molecule has 0 fully saturated rings. The Morgan fingerprint density at radius 3 is 2.46 bits per heavy atom. The van der Waals surface area contributed by atoms with E-state index < -0.39 is 12.1 Å². The van der Waals surface area contributed by atoms with Crippen LogP contribution in [0.3, 0.4) is 0 Å². The summed E-state index contributed by atoms with van der Waals surface area (Å²) in [5.41, 5.74) is 3.99. The number of aliphatic hydroxyl groups is 2. The van der Waals surface area contributed by atoms with Crippen molar-refractivity contribution in [2.24, 2.45) is 0 Å². The van der Waals surface area contributed by atoms with Crippen molar-refractivity contribution in [3.05, 3.63) is 118 Å². The average molecular weight is 513 g/mol. The van der Waals surface area contributed by atoms with Crippen LogP contribution < -0.4 is 10.2 Å². The number of fused-ring (bicyclic) bond motifs is 2. The second-order valence-corrected chi connectivity index (χ2v) is 9.84.